The van der Waals surface area contributed by atoms with Crippen LogP contribution in [0.25, 0.3) is 0 Å². The van der Waals surface area contributed by atoms with E-state index in [0.29, 0.717) is 5.92 Å². The number of aldehydes is 1. The highest BCUT2D eigenvalue weighted by Crippen LogP contribution is 2.19. The summed E-state index contributed by atoms with van der Waals surface area (Å²) in [5.74, 6) is 0.644. The van der Waals surface area contributed by atoms with Gasteiger partial charge in [0.2, 0.25) is 0 Å². The first-order chi connectivity index (χ1) is 7.58. The molecule has 0 aromatic heterocycles. The van der Waals surface area contributed by atoms with Crippen LogP contribution in [0.4, 0.5) is 5.69 Å². The average Bonchev–Trinajstić information content (AvgIpc) is 2.25. The van der Waals surface area contributed by atoms with E-state index in [0.717, 1.165) is 30.5 Å². The summed E-state index contributed by atoms with van der Waals surface area (Å²) in [7, 11) is 0. The summed E-state index contributed by atoms with van der Waals surface area (Å²) < 4.78 is 0. The van der Waals surface area contributed by atoms with Gasteiger partial charge in [-0.25, -0.2) is 0 Å². The van der Waals surface area contributed by atoms with Gasteiger partial charge >= 0.3 is 0 Å². The Hall–Kier alpha value is -1.31. The molecule has 88 valence electrons. The lowest BCUT2D eigenvalue weighted by atomic mass is 10.1. The van der Waals surface area contributed by atoms with Crippen LogP contribution in [0.3, 0.4) is 0 Å². The zero-order chi connectivity index (χ0) is 12.1. The number of anilines is 1. The molecule has 1 rings (SSSR count). The third kappa shape index (κ3) is 3.09. The number of rotatable bonds is 5. The highest BCUT2D eigenvalue weighted by Gasteiger charge is 2.07. The van der Waals surface area contributed by atoms with Gasteiger partial charge in [-0.3, -0.25) is 4.79 Å². The van der Waals surface area contributed by atoms with Crippen LogP contribution in [0.2, 0.25) is 0 Å². The van der Waals surface area contributed by atoms with Crippen molar-refractivity contribution in [1.29, 1.82) is 0 Å². The van der Waals surface area contributed by atoms with Crippen LogP contribution in [-0.2, 0) is 0 Å². The van der Waals surface area contributed by atoms with Gasteiger partial charge in [0.15, 0.2) is 0 Å². The quantitative estimate of drug-likeness (QED) is 0.708. The molecule has 16 heavy (non-hydrogen) atoms. The molecule has 0 unspecified atom stereocenters. The summed E-state index contributed by atoms with van der Waals surface area (Å²) in [6.07, 6.45) is 0.915. The molecule has 0 saturated carbocycles. The van der Waals surface area contributed by atoms with Crippen molar-refractivity contribution in [1.82, 2.24) is 0 Å². The largest absolute Gasteiger partial charge is 0.372 e. The van der Waals surface area contributed by atoms with Gasteiger partial charge in [-0.05, 0) is 43.5 Å². The number of carbonyl (C=O) groups is 1. The summed E-state index contributed by atoms with van der Waals surface area (Å²) in [4.78, 5) is 13.1. The minimum atomic E-state index is 0.644. The standard InChI is InChI=1S/C14H21NO/c1-5-15(9-11(2)3)14-7-6-13(10-16)12(4)8-14/h6-8,10-11H,5,9H2,1-4H3. The van der Waals surface area contributed by atoms with Crippen molar-refractivity contribution in [2.45, 2.75) is 27.7 Å². The highest BCUT2D eigenvalue weighted by atomic mass is 16.1. The Kier molecular flexibility index (Phi) is 4.53. The Labute approximate surface area is 98.3 Å². The lowest BCUT2D eigenvalue weighted by molar-refractivity contribution is 0.112. The van der Waals surface area contributed by atoms with E-state index in [1.165, 1.54) is 5.69 Å². The average molecular weight is 219 g/mol. The molecular formula is C14H21NO. The van der Waals surface area contributed by atoms with Crippen LogP contribution in [-0.4, -0.2) is 19.4 Å². The molecule has 0 aliphatic heterocycles. The fourth-order valence-electron chi connectivity index (χ4n) is 1.85. The SMILES string of the molecule is CCN(CC(C)C)c1ccc(C=O)c(C)c1. The van der Waals surface area contributed by atoms with Crippen molar-refractivity contribution in [2.75, 3.05) is 18.0 Å². The molecule has 0 aliphatic carbocycles. The van der Waals surface area contributed by atoms with E-state index in [1.54, 1.807) is 0 Å². The summed E-state index contributed by atoms with van der Waals surface area (Å²) >= 11 is 0. The van der Waals surface area contributed by atoms with Crippen LogP contribution >= 0.6 is 0 Å². The van der Waals surface area contributed by atoms with Gasteiger partial charge < -0.3 is 4.90 Å². The molecule has 1 aromatic rings. The van der Waals surface area contributed by atoms with E-state index in [4.69, 9.17) is 0 Å². The third-order valence-electron chi connectivity index (χ3n) is 2.71. The second-order valence-electron chi connectivity index (χ2n) is 4.59. The molecule has 0 saturated heterocycles. The van der Waals surface area contributed by atoms with Gasteiger partial charge in [-0.2, -0.15) is 0 Å². The second kappa shape index (κ2) is 5.69. The van der Waals surface area contributed by atoms with Crippen molar-refractivity contribution >= 4 is 12.0 Å². The van der Waals surface area contributed by atoms with Crippen molar-refractivity contribution in [3.05, 3.63) is 29.3 Å². The van der Waals surface area contributed by atoms with Crippen molar-refractivity contribution in [3.8, 4) is 0 Å². The van der Waals surface area contributed by atoms with E-state index in [-0.39, 0.29) is 0 Å². The summed E-state index contributed by atoms with van der Waals surface area (Å²) in [5, 5.41) is 0. The van der Waals surface area contributed by atoms with E-state index >= 15 is 0 Å². The molecule has 0 spiro atoms. The topological polar surface area (TPSA) is 20.3 Å². The first kappa shape index (κ1) is 12.8. The van der Waals surface area contributed by atoms with Gasteiger partial charge in [0, 0.05) is 24.3 Å². The van der Waals surface area contributed by atoms with E-state index < -0.39 is 0 Å². The van der Waals surface area contributed by atoms with Gasteiger partial charge in [-0.1, -0.05) is 13.8 Å². The summed E-state index contributed by atoms with van der Waals surface area (Å²) in [6, 6.07) is 6.03. The molecule has 2 nitrogen and oxygen atoms in total. The number of hydrogen-bond donors (Lipinski definition) is 0. The fourth-order valence-corrected chi connectivity index (χ4v) is 1.85. The van der Waals surface area contributed by atoms with Crippen LogP contribution in [0, 0.1) is 12.8 Å². The van der Waals surface area contributed by atoms with Crippen LogP contribution < -0.4 is 4.90 Å². The second-order valence-corrected chi connectivity index (χ2v) is 4.59. The monoisotopic (exact) mass is 219 g/mol. The molecule has 0 atom stereocenters. The van der Waals surface area contributed by atoms with Crippen LogP contribution in [0.5, 0.6) is 0 Å². The van der Waals surface area contributed by atoms with E-state index in [2.05, 4.69) is 31.7 Å². The van der Waals surface area contributed by atoms with E-state index in [1.807, 2.05) is 19.1 Å². The van der Waals surface area contributed by atoms with Crippen molar-refractivity contribution < 1.29 is 4.79 Å². The Balaban J connectivity index is 2.93. The first-order valence-electron chi connectivity index (χ1n) is 5.89. The molecule has 0 amide bonds. The summed E-state index contributed by atoms with van der Waals surface area (Å²) in [6.45, 7) is 10.6. The maximum absolute atomic E-state index is 10.7. The van der Waals surface area contributed by atoms with Gasteiger partial charge in [0.05, 0.1) is 0 Å². The van der Waals surface area contributed by atoms with Crippen molar-refractivity contribution in [3.63, 3.8) is 0 Å². The number of hydrogen-bond acceptors (Lipinski definition) is 2. The fraction of sp³-hybridized carbons (Fsp3) is 0.500. The zero-order valence-corrected chi connectivity index (χ0v) is 10.7. The molecule has 1 aromatic carbocycles. The minimum Gasteiger partial charge on any atom is -0.372 e. The van der Waals surface area contributed by atoms with Crippen LogP contribution in [0.1, 0.15) is 36.7 Å². The molecule has 0 radical (unpaired) electrons. The first-order valence-corrected chi connectivity index (χ1v) is 5.89. The Morgan fingerprint density at radius 3 is 2.50 bits per heavy atom. The maximum Gasteiger partial charge on any atom is 0.150 e. The smallest absolute Gasteiger partial charge is 0.150 e. The molecule has 2 heteroatoms. The van der Waals surface area contributed by atoms with Gasteiger partial charge in [0.25, 0.3) is 0 Å². The zero-order valence-electron chi connectivity index (χ0n) is 10.7. The molecule has 0 bridgehead atoms. The van der Waals surface area contributed by atoms with E-state index in [9.17, 15) is 4.79 Å². The molecule has 0 N–H and O–H groups in total. The molecular weight excluding hydrogens is 198 g/mol. The Morgan fingerprint density at radius 1 is 1.38 bits per heavy atom. The Morgan fingerprint density at radius 2 is 2.06 bits per heavy atom. The lowest BCUT2D eigenvalue weighted by Gasteiger charge is -2.25. The predicted octanol–water partition coefficient (Wildman–Crippen LogP) is 3.29. The normalized spacial score (nSPS) is 10.6. The molecule has 0 fully saturated rings. The number of carbonyl (C=O) groups excluding carboxylic acids is 1. The van der Waals surface area contributed by atoms with Gasteiger partial charge in [0.1, 0.15) is 6.29 Å². The van der Waals surface area contributed by atoms with Crippen LogP contribution in [0.15, 0.2) is 18.2 Å². The number of benzene rings is 1. The number of aryl methyl sites for hydroxylation is 1. The lowest BCUT2D eigenvalue weighted by Crippen LogP contribution is -2.27. The third-order valence-corrected chi connectivity index (χ3v) is 2.71. The van der Waals surface area contributed by atoms with Crippen molar-refractivity contribution in [2.24, 2.45) is 5.92 Å². The van der Waals surface area contributed by atoms with Gasteiger partial charge in [-0.15, -0.1) is 0 Å². The summed E-state index contributed by atoms with van der Waals surface area (Å²) in [5.41, 5.74) is 3.04. The predicted molar refractivity (Wildman–Crippen MR) is 69.3 cm³/mol. The highest BCUT2D eigenvalue weighted by molar-refractivity contribution is 5.78. The Bertz CT molecular complexity index is 358. The molecule has 0 aliphatic rings. The minimum absolute atomic E-state index is 0.644. The molecule has 0 heterocycles. The maximum atomic E-state index is 10.7. The number of nitrogens with zero attached hydrogens (tertiary/aromatic N) is 1.